The van der Waals surface area contributed by atoms with Gasteiger partial charge >= 0.3 is 0 Å². The summed E-state index contributed by atoms with van der Waals surface area (Å²) in [7, 11) is 3.44. The van der Waals surface area contributed by atoms with Crippen LogP contribution in [0.1, 0.15) is 13.3 Å². The Bertz CT molecular complexity index is 441. The highest BCUT2D eigenvalue weighted by molar-refractivity contribution is 6.32. The summed E-state index contributed by atoms with van der Waals surface area (Å²) in [6, 6.07) is 7.45. The van der Waals surface area contributed by atoms with Gasteiger partial charge in [0.25, 0.3) is 0 Å². The van der Waals surface area contributed by atoms with Gasteiger partial charge in [0.2, 0.25) is 0 Å². The maximum Gasteiger partial charge on any atom is 0.191 e. The van der Waals surface area contributed by atoms with Gasteiger partial charge < -0.3 is 20.1 Å². The number of hydrogen-bond donors (Lipinski definition) is 2. The van der Waals surface area contributed by atoms with Crippen LogP contribution in [-0.4, -0.2) is 45.9 Å². The first-order valence-electron chi connectivity index (χ1n) is 7.02. The summed E-state index contributed by atoms with van der Waals surface area (Å²) >= 11 is 6.06. The quantitative estimate of drug-likeness (QED) is 0.439. The van der Waals surface area contributed by atoms with Crippen molar-refractivity contribution in [3.8, 4) is 5.75 Å². The van der Waals surface area contributed by atoms with Crippen LogP contribution in [-0.2, 0) is 4.74 Å². The molecule has 0 bridgehead atoms. The van der Waals surface area contributed by atoms with E-state index < -0.39 is 0 Å². The molecule has 0 aliphatic rings. The second-order valence-corrected chi connectivity index (χ2v) is 4.99. The van der Waals surface area contributed by atoms with Crippen molar-refractivity contribution in [1.82, 2.24) is 10.6 Å². The Morgan fingerprint density at radius 1 is 1.33 bits per heavy atom. The van der Waals surface area contributed by atoms with E-state index in [0.717, 1.165) is 25.5 Å². The molecule has 0 fully saturated rings. The van der Waals surface area contributed by atoms with E-state index >= 15 is 0 Å². The van der Waals surface area contributed by atoms with Crippen LogP contribution in [0.5, 0.6) is 5.75 Å². The van der Waals surface area contributed by atoms with Gasteiger partial charge in [-0.3, -0.25) is 4.99 Å². The van der Waals surface area contributed by atoms with Crippen LogP contribution >= 0.6 is 11.6 Å². The summed E-state index contributed by atoms with van der Waals surface area (Å²) in [5.41, 5.74) is 0. The molecular weight excluding hydrogens is 290 g/mol. The SMILES string of the molecule is CN=C(NCCCOC)NCC(C)Oc1ccccc1Cl. The molecule has 1 unspecified atom stereocenters. The van der Waals surface area contributed by atoms with Gasteiger partial charge in [-0.05, 0) is 25.5 Å². The molecule has 0 heterocycles. The zero-order valence-corrected chi connectivity index (χ0v) is 13.6. The van der Waals surface area contributed by atoms with Crippen LogP contribution in [0.2, 0.25) is 5.02 Å². The molecule has 0 spiro atoms. The number of nitrogens with zero attached hydrogens (tertiary/aromatic N) is 1. The van der Waals surface area contributed by atoms with Crippen molar-refractivity contribution >= 4 is 17.6 Å². The van der Waals surface area contributed by atoms with E-state index in [9.17, 15) is 0 Å². The molecule has 0 aliphatic heterocycles. The van der Waals surface area contributed by atoms with Gasteiger partial charge in [-0.15, -0.1) is 0 Å². The number of methoxy groups -OCH3 is 1. The Kier molecular flexibility index (Phi) is 8.62. The molecule has 0 aromatic heterocycles. The lowest BCUT2D eigenvalue weighted by Gasteiger charge is -2.18. The third-order valence-electron chi connectivity index (χ3n) is 2.76. The monoisotopic (exact) mass is 313 g/mol. The van der Waals surface area contributed by atoms with Crippen molar-refractivity contribution in [3.63, 3.8) is 0 Å². The van der Waals surface area contributed by atoms with Gasteiger partial charge in [0.15, 0.2) is 5.96 Å². The molecule has 0 saturated heterocycles. The maximum absolute atomic E-state index is 6.06. The van der Waals surface area contributed by atoms with Gasteiger partial charge in [-0.25, -0.2) is 0 Å². The Morgan fingerprint density at radius 3 is 2.76 bits per heavy atom. The minimum Gasteiger partial charge on any atom is -0.487 e. The number of halogens is 1. The van der Waals surface area contributed by atoms with E-state index in [1.54, 1.807) is 14.2 Å². The highest BCUT2D eigenvalue weighted by Gasteiger charge is 2.07. The number of aliphatic imine (C=N–C) groups is 1. The molecule has 2 N–H and O–H groups in total. The zero-order chi connectivity index (χ0) is 15.5. The van der Waals surface area contributed by atoms with Crippen LogP contribution in [0.25, 0.3) is 0 Å². The van der Waals surface area contributed by atoms with Crippen molar-refractivity contribution in [2.24, 2.45) is 4.99 Å². The van der Waals surface area contributed by atoms with Crippen LogP contribution < -0.4 is 15.4 Å². The second kappa shape index (κ2) is 10.3. The zero-order valence-electron chi connectivity index (χ0n) is 12.9. The van der Waals surface area contributed by atoms with Gasteiger partial charge in [-0.1, -0.05) is 23.7 Å². The second-order valence-electron chi connectivity index (χ2n) is 4.59. The molecule has 118 valence electrons. The first-order valence-corrected chi connectivity index (χ1v) is 7.39. The Morgan fingerprint density at radius 2 is 2.10 bits per heavy atom. The first-order chi connectivity index (χ1) is 10.2. The van der Waals surface area contributed by atoms with Crippen molar-refractivity contribution < 1.29 is 9.47 Å². The maximum atomic E-state index is 6.06. The third kappa shape index (κ3) is 7.20. The molecule has 0 radical (unpaired) electrons. The lowest BCUT2D eigenvalue weighted by atomic mass is 10.3. The lowest BCUT2D eigenvalue weighted by molar-refractivity contribution is 0.195. The van der Waals surface area contributed by atoms with E-state index in [-0.39, 0.29) is 6.10 Å². The summed E-state index contributed by atoms with van der Waals surface area (Å²) in [6.07, 6.45) is 0.908. The molecule has 21 heavy (non-hydrogen) atoms. The van der Waals surface area contributed by atoms with E-state index in [0.29, 0.717) is 17.3 Å². The van der Waals surface area contributed by atoms with Gasteiger partial charge in [0.1, 0.15) is 11.9 Å². The van der Waals surface area contributed by atoms with Gasteiger partial charge in [0.05, 0.1) is 11.6 Å². The molecule has 1 aromatic rings. The first kappa shape index (κ1) is 17.6. The van der Waals surface area contributed by atoms with E-state index in [1.807, 2.05) is 31.2 Å². The molecule has 0 amide bonds. The number of nitrogens with one attached hydrogen (secondary N) is 2. The predicted molar refractivity (Wildman–Crippen MR) is 87.4 cm³/mol. The lowest BCUT2D eigenvalue weighted by Crippen LogP contribution is -2.42. The van der Waals surface area contributed by atoms with Crippen LogP contribution in [0.4, 0.5) is 0 Å². The average Bonchev–Trinajstić information content (AvgIpc) is 2.49. The van der Waals surface area contributed by atoms with Crippen molar-refractivity contribution in [3.05, 3.63) is 29.3 Å². The number of ether oxygens (including phenoxy) is 2. The molecule has 1 atom stereocenters. The van der Waals surface area contributed by atoms with E-state index in [1.165, 1.54) is 0 Å². The fraction of sp³-hybridized carbons (Fsp3) is 0.533. The number of benzene rings is 1. The van der Waals surface area contributed by atoms with Crippen molar-refractivity contribution in [1.29, 1.82) is 0 Å². The van der Waals surface area contributed by atoms with Crippen LogP contribution in [0.15, 0.2) is 29.3 Å². The summed E-state index contributed by atoms with van der Waals surface area (Å²) in [5.74, 6) is 1.44. The molecule has 1 aromatic carbocycles. The van der Waals surface area contributed by atoms with Crippen LogP contribution in [0, 0.1) is 0 Å². The third-order valence-corrected chi connectivity index (χ3v) is 3.08. The Balaban J connectivity index is 2.31. The topological polar surface area (TPSA) is 54.9 Å². The number of guanidine groups is 1. The van der Waals surface area contributed by atoms with Gasteiger partial charge in [0, 0.05) is 27.3 Å². The molecule has 6 heteroatoms. The Labute approximate surface area is 131 Å². The fourth-order valence-electron chi connectivity index (χ4n) is 1.68. The average molecular weight is 314 g/mol. The van der Waals surface area contributed by atoms with E-state index in [2.05, 4.69) is 15.6 Å². The Hall–Kier alpha value is -1.46. The smallest absolute Gasteiger partial charge is 0.191 e. The summed E-state index contributed by atoms with van der Waals surface area (Å²) in [6.45, 7) is 4.16. The largest absolute Gasteiger partial charge is 0.487 e. The molecule has 1 rings (SSSR count). The number of hydrogen-bond acceptors (Lipinski definition) is 3. The molecule has 5 nitrogen and oxygen atoms in total. The minimum atomic E-state index is -0.0255. The molecular formula is C15H24ClN3O2. The van der Waals surface area contributed by atoms with Crippen molar-refractivity contribution in [2.75, 3.05) is 33.9 Å². The van der Waals surface area contributed by atoms with Crippen molar-refractivity contribution in [2.45, 2.75) is 19.4 Å². The number of rotatable bonds is 8. The van der Waals surface area contributed by atoms with Gasteiger partial charge in [-0.2, -0.15) is 0 Å². The molecule has 0 saturated carbocycles. The fourth-order valence-corrected chi connectivity index (χ4v) is 1.86. The minimum absolute atomic E-state index is 0.0255. The predicted octanol–water partition coefficient (Wildman–Crippen LogP) is 2.31. The highest BCUT2D eigenvalue weighted by Crippen LogP contribution is 2.23. The molecule has 0 aliphatic carbocycles. The van der Waals surface area contributed by atoms with Crippen LogP contribution in [0.3, 0.4) is 0 Å². The normalized spacial score (nSPS) is 12.9. The van der Waals surface area contributed by atoms with E-state index in [4.69, 9.17) is 21.1 Å². The number of para-hydroxylation sites is 1. The highest BCUT2D eigenvalue weighted by atomic mass is 35.5. The summed E-state index contributed by atoms with van der Waals surface area (Å²) in [4.78, 5) is 4.15. The standard InChI is InChI=1S/C15H24ClN3O2/c1-12(21-14-8-5-4-7-13(14)16)11-19-15(17-2)18-9-6-10-20-3/h4-5,7-8,12H,6,9-11H2,1-3H3,(H2,17,18,19). The summed E-state index contributed by atoms with van der Waals surface area (Å²) in [5, 5.41) is 7.04. The summed E-state index contributed by atoms with van der Waals surface area (Å²) < 4.78 is 10.8.